The molecular formula is C7H13F3O2. The van der Waals surface area contributed by atoms with Crippen molar-refractivity contribution >= 4 is 0 Å². The fourth-order valence-electron chi connectivity index (χ4n) is 0.513. The van der Waals surface area contributed by atoms with Gasteiger partial charge in [-0.1, -0.05) is 0 Å². The lowest BCUT2D eigenvalue weighted by atomic mass is 10.2. The number of halogens is 3. The first-order chi connectivity index (χ1) is 5.25. The van der Waals surface area contributed by atoms with Crippen molar-refractivity contribution in [2.75, 3.05) is 0 Å². The summed E-state index contributed by atoms with van der Waals surface area (Å²) < 4.78 is 40.1. The number of aliphatic hydroxyl groups is 1. The van der Waals surface area contributed by atoms with Gasteiger partial charge in [0.1, 0.15) is 0 Å². The Kier molecular flexibility index (Phi) is 3.99. The van der Waals surface area contributed by atoms with E-state index in [-0.39, 0.29) is 0 Å². The predicted molar refractivity (Wildman–Crippen MR) is 37.7 cm³/mol. The molecule has 0 rings (SSSR count). The Morgan fingerprint density at radius 1 is 1.17 bits per heavy atom. The van der Waals surface area contributed by atoms with E-state index in [0.717, 1.165) is 6.92 Å². The van der Waals surface area contributed by atoms with Crippen LogP contribution in [-0.2, 0) is 4.74 Å². The second-order valence-electron chi connectivity index (χ2n) is 2.77. The lowest BCUT2D eigenvalue weighted by Crippen LogP contribution is -2.35. The second-order valence-corrected chi connectivity index (χ2v) is 2.77. The summed E-state index contributed by atoms with van der Waals surface area (Å²) >= 11 is 0. The fourth-order valence-corrected chi connectivity index (χ4v) is 0.513. The standard InChI is InChI=1S/C7H13F3O2/c1-4(11)5(2)12-6(3)7(8,9)10/h4-6,11H,1-3H3/t4-,5?,6?/m1/s1. The number of alkyl halides is 3. The Hall–Kier alpha value is -0.290. The minimum atomic E-state index is -4.36. The van der Waals surface area contributed by atoms with Crippen molar-refractivity contribution in [1.82, 2.24) is 0 Å². The minimum absolute atomic E-state index is 0.804. The maximum absolute atomic E-state index is 11.9. The summed E-state index contributed by atoms with van der Waals surface area (Å²) in [5, 5.41) is 8.84. The third kappa shape index (κ3) is 3.92. The average molecular weight is 186 g/mol. The molecule has 0 bridgehead atoms. The number of ether oxygens (including phenoxy) is 1. The molecule has 5 heteroatoms. The highest BCUT2D eigenvalue weighted by Gasteiger charge is 2.38. The number of rotatable bonds is 3. The number of aliphatic hydroxyl groups excluding tert-OH is 1. The summed E-state index contributed by atoms with van der Waals surface area (Å²) in [4.78, 5) is 0. The topological polar surface area (TPSA) is 29.5 Å². The van der Waals surface area contributed by atoms with E-state index in [1.54, 1.807) is 0 Å². The van der Waals surface area contributed by atoms with Gasteiger partial charge in [0.25, 0.3) is 0 Å². The van der Waals surface area contributed by atoms with Gasteiger partial charge in [-0.15, -0.1) is 0 Å². The van der Waals surface area contributed by atoms with Crippen LogP contribution in [0, 0.1) is 0 Å². The Balaban J connectivity index is 3.93. The van der Waals surface area contributed by atoms with Gasteiger partial charge < -0.3 is 9.84 Å². The van der Waals surface area contributed by atoms with E-state index in [1.807, 2.05) is 0 Å². The van der Waals surface area contributed by atoms with Crippen molar-refractivity contribution in [2.24, 2.45) is 0 Å². The Bertz CT molecular complexity index is 133. The van der Waals surface area contributed by atoms with Crippen LogP contribution in [0.5, 0.6) is 0 Å². The molecule has 1 N–H and O–H groups in total. The Morgan fingerprint density at radius 3 is 1.83 bits per heavy atom. The molecule has 0 amide bonds. The van der Waals surface area contributed by atoms with Gasteiger partial charge in [0.2, 0.25) is 0 Å². The van der Waals surface area contributed by atoms with Crippen LogP contribution >= 0.6 is 0 Å². The number of hydrogen-bond acceptors (Lipinski definition) is 2. The maximum Gasteiger partial charge on any atom is 0.414 e. The molecule has 0 fully saturated rings. The lowest BCUT2D eigenvalue weighted by Gasteiger charge is -2.22. The minimum Gasteiger partial charge on any atom is -0.391 e. The predicted octanol–water partition coefficient (Wildman–Crippen LogP) is 1.72. The van der Waals surface area contributed by atoms with E-state index in [0.29, 0.717) is 0 Å². The largest absolute Gasteiger partial charge is 0.414 e. The van der Waals surface area contributed by atoms with Crippen molar-refractivity contribution < 1.29 is 23.0 Å². The molecule has 74 valence electrons. The van der Waals surface area contributed by atoms with Crippen LogP contribution < -0.4 is 0 Å². The van der Waals surface area contributed by atoms with E-state index < -0.39 is 24.5 Å². The molecule has 0 spiro atoms. The maximum atomic E-state index is 11.9. The molecule has 0 aromatic heterocycles. The SMILES string of the molecule is CC(OC(C)C(F)(F)F)[C@@H](C)O. The number of hydrogen-bond donors (Lipinski definition) is 1. The van der Waals surface area contributed by atoms with Gasteiger partial charge >= 0.3 is 6.18 Å². The van der Waals surface area contributed by atoms with Gasteiger partial charge in [0, 0.05) is 0 Å². The van der Waals surface area contributed by atoms with Crippen molar-refractivity contribution in [3.05, 3.63) is 0 Å². The quantitative estimate of drug-likeness (QED) is 0.727. The zero-order chi connectivity index (χ0) is 9.94. The molecule has 0 saturated heterocycles. The second kappa shape index (κ2) is 4.09. The first-order valence-electron chi connectivity index (χ1n) is 3.65. The molecule has 0 aliphatic carbocycles. The van der Waals surface area contributed by atoms with E-state index >= 15 is 0 Å². The highest BCUT2D eigenvalue weighted by atomic mass is 19.4. The highest BCUT2D eigenvalue weighted by Crippen LogP contribution is 2.23. The zero-order valence-electron chi connectivity index (χ0n) is 7.22. The lowest BCUT2D eigenvalue weighted by molar-refractivity contribution is -0.232. The summed E-state index contributed by atoms with van der Waals surface area (Å²) in [7, 11) is 0. The van der Waals surface area contributed by atoms with E-state index in [9.17, 15) is 13.2 Å². The van der Waals surface area contributed by atoms with Crippen LogP contribution in [0.25, 0.3) is 0 Å². The summed E-state index contributed by atoms with van der Waals surface area (Å²) in [6.45, 7) is 3.69. The highest BCUT2D eigenvalue weighted by molar-refractivity contribution is 4.66. The smallest absolute Gasteiger partial charge is 0.391 e. The van der Waals surface area contributed by atoms with E-state index in [4.69, 9.17) is 5.11 Å². The van der Waals surface area contributed by atoms with E-state index in [1.165, 1.54) is 13.8 Å². The van der Waals surface area contributed by atoms with E-state index in [2.05, 4.69) is 4.74 Å². The van der Waals surface area contributed by atoms with Crippen molar-refractivity contribution in [3.8, 4) is 0 Å². The third-order valence-electron chi connectivity index (χ3n) is 1.56. The van der Waals surface area contributed by atoms with Crippen LogP contribution in [0.4, 0.5) is 13.2 Å². The molecule has 0 aromatic carbocycles. The Morgan fingerprint density at radius 2 is 1.58 bits per heavy atom. The fraction of sp³-hybridized carbons (Fsp3) is 1.00. The normalized spacial score (nSPS) is 20.2. The zero-order valence-corrected chi connectivity index (χ0v) is 7.22. The van der Waals surface area contributed by atoms with Crippen LogP contribution in [-0.4, -0.2) is 29.6 Å². The molecule has 12 heavy (non-hydrogen) atoms. The molecular weight excluding hydrogens is 173 g/mol. The summed E-state index contributed by atoms with van der Waals surface area (Å²) in [6, 6.07) is 0. The molecule has 0 aromatic rings. The summed E-state index contributed by atoms with van der Waals surface area (Å²) in [5.41, 5.74) is 0. The van der Waals surface area contributed by atoms with Crippen molar-refractivity contribution in [1.29, 1.82) is 0 Å². The third-order valence-corrected chi connectivity index (χ3v) is 1.56. The first kappa shape index (κ1) is 11.7. The monoisotopic (exact) mass is 186 g/mol. The first-order valence-corrected chi connectivity index (χ1v) is 3.65. The molecule has 2 nitrogen and oxygen atoms in total. The van der Waals surface area contributed by atoms with Crippen LogP contribution in [0.3, 0.4) is 0 Å². The molecule has 3 atom stereocenters. The Labute approximate surface area is 69.3 Å². The van der Waals surface area contributed by atoms with Crippen LogP contribution in [0.1, 0.15) is 20.8 Å². The van der Waals surface area contributed by atoms with Crippen molar-refractivity contribution in [2.45, 2.75) is 45.3 Å². The molecule has 2 unspecified atom stereocenters. The van der Waals surface area contributed by atoms with Gasteiger partial charge in [-0.05, 0) is 20.8 Å². The average Bonchev–Trinajstić information content (AvgIpc) is 1.85. The summed E-state index contributed by atoms with van der Waals surface area (Å²) in [5.74, 6) is 0. The van der Waals surface area contributed by atoms with Gasteiger partial charge in [0.15, 0.2) is 6.10 Å². The molecule has 0 aliphatic heterocycles. The molecule has 0 heterocycles. The van der Waals surface area contributed by atoms with Crippen molar-refractivity contribution in [3.63, 3.8) is 0 Å². The molecule has 0 radical (unpaired) electrons. The summed E-state index contributed by atoms with van der Waals surface area (Å²) in [6.07, 6.45) is -7.89. The van der Waals surface area contributed by atoms with Gasteiger partial charge in [-0.2, -0.15) is 13.2 Å². The van der Waals surface area contributed by atoms with Gasteiger partial charge in [-0.3, -0.25) is 0 Å². The molecule has 0 saturated carbocycles. The van der Waals surface area contributed by atoms with Gasteiger partial charge in [-0.25, -0.2) is 0 Å². The van der Waals surface area contributed by atoms with Crippen LogP contribution in [0.2, 0.25) is 0 Å². The van der Waals surface area contributed by atoms with Gasteiger partial charge in [0.05, 0.1) is 12.2 Å². The molecule has 0 aliphatic rings. The van der Waals surface area contributed by atoms with Crippen LogP contribution in [0.15, 0.2) is 0 Å².